The van der Waals surface area contributed by atoms with Gasteiger partial charge in [-0.2, -0.15) is 0 Å². The Labute approximate surface area is 64.3 Å². The molecule has 1 unspecified atom stereocenters. The van der Waals surface area contributed by atoms with Crippen LogP contribution in [0.25, 0.3) is 0 Å². The molecule has 0 aliphatic heterocycles. The van der Waals surface area contributed by atoms with Crippen molar-refractivity contribution in [3.63, 3.8) is 0 Å². The molecule has 52 valence electrons. The molecule has 0 aliphatic rings. The Hall–Kier alpha value is -0.890. The van der Waals surface area contributed by atoms with Crippen molar-refractivity contribution >= 4 is 10.8 Å². The van der Waals surface area contributed by atoms with Crippen molar-refractivity contribution in [1.29, 1.82) is 0 Å². The van der Waals surface area contributed by atoms with Gasteiger partial charge in [-0.05, 0) is 12.1 Å². The molecule has 10 heavy (non-hydrogen) atoms. The summed E-state index contributed by atoms with van der Waals surface area (Å²) in [6.07, 6.45) is 0. The van der Waals surface area contributed by atoms with Crippen molar-refractivity contribution in [3.8, 4) is 0 Å². The third-order valence-electron chi connectivity index (χ3n) is 1.09. The zero-order chi connectivity index (χ0) is 8.27. The normalized spacial score (nSPS) is 13.8. The van der Waals surface area contributed by atoms with Gasteiger partial charge in [-0.15, -0.1) is 0 Å². The third-order valence-corrected chi connectivity index (χ3v) is 2.05. The van der Waals surface area contributed by atoms with Gasteiger partial charge in [-0.3, -0.25) is 0 Å². The Morgan fingerprint density at radius 1 is 1.50 bits per heavy atom. The summed E-state index contributed by atoms with van der Waals surface area (Å²) >= 11 is 0. The quantitative estimate of drug-likeness (QED) is 0.634. The minimum atomic E-state index is -1.36. The first-order chi connectivity index (χ1) is 5.22. The van der Waals surface area contributed by atoms with Crippen LogP contribution in [-0.4, -0.2) is 4.21 Å². The lowest BCUT2D eigenvalue weighted by molar-refractivity contribution is 0.688. The van der Waals surface area contributed by atoms with Crippen molar-refractivity contribution in [2.75, 3.05) is 0 Å². The van der Waals surface area contributed by atoms with Gasteiger partial charge in [-0.1, -0.05) is 24.8 Å². The Balaban J connectivity index is 2.95. The molecular formula is C8H8OS. The lowest BCUT2D eigenvalue weighted by Crippen LogP contribution is -1.82. The van der Waals surface area contributed by atoms with E-state index >= 15 is 0 Å². The van der Waals surface area contributed by atoms with Crippen LogP contribution in [0.1, 0.15) is 1.37 Å². The van der Waals surface area contributed by atoms with Crippen LogP contribution in [0.3, 0.4) is 0 Å². The molecule has 1 nitrogen and oxygen atoms in total. The third kappa shape index (κ3) is 1.54. The highest BCUT2D eigenvalue weighted by atomic mass is 32.2. The maximum atomic E-state index is 11.2. The number of hydrogen-bond donors (Lipinski definition) is 0. The fourth-order valence-electron chi connectivity index (χ4n) is 0.627. The highest BCUT2D eigenvalue weighted by molar-refractivity contribution is 7.88. The van der Waals surface area contributed by atoms with Gasteiger partial charge in [0.05, 0.1) is 12.2 Å². The molecule has 0 bridgehead atoms. The van der Waals surface area contributed by atoms with Crippen molar-refractivity contribution < 1.29 is 5.58 Å². The summed E-state index contributed by atoms with van der Waals surface area (Å²) < 4.78 is 18.2. The van der Waals surface area contributed by atoms with E-state index in [-0.39, 0.29) is 5.38 Å². The topological polar surface area (TPSA) is 17.1 Å². The second-order valence-electron chi connectivity index (χ2n) is 1.73. The zero-order valence-corrected chi connectivity index (χ0v) is 6.23. The van der Waals surface area contributed by atoms with E-state index < -0.39 is 10.8 Å². The van der Waals surface area contributed by atoms with Crippen LogP contribution in [0, 0.1) is 0 Å². The van der Waals surface area contributed by atoms with Crippen LogP contribution in [0.5, 0.6) is 0 Å². The second kappa shape index (κ2) is 3.32. The van der Waals surface area contributed by atoms with Crippen LogP contribution in [0.2, 0.25) is 0 Å². The molecule has 0 saturated heterocycles. The molecule has 0 N–H and O–H groups in total. The molecule has 0 fully saturated rings. The standard InChI is InChI=1S/C8H8OS/c1-2-10(9)8-6-4-3-5-7-8/h2-7H,1H2/i2D. The van der Waals surface area contributed by atoms with Crippen LogP contribution < -0.4 is 0 Å². The molecule has 0 spiro atoms. The first kappa shape index (κ1) is 5.86. The number of benzene rings is 1. The average Bonchev–Trinajstić information content (AvgIpc) is 2.05. The van der Waals surface area contributed by atoms with Gasteiger partial charge < -0.3 is 0 Å². The molecule has 0 radical (unpaired) electrons. The molecule has 0 aliphatic carbocycles. The summed E-state index contributed by atoms with van der Waals surface area (Å²) in [6.45, 7) is 3.30. The van der Waals surface area contributed by atoms with Crippen molar-refractivity contribution in [1.82, 2.24) is 0 Å². The molecule has 0 aromatic heterocycles. The Morgan fingerprint density at radius 2 is 2.10 bits per heavy atom. The van der Waals surface area contributed by atoms with Crippen molar-refractivity contribution in [2.24, 2.45) is 0 Å². The highest BCUT2D eigenvalue weighted by Gasteiger charge is 1.93. The molecular weight excluding hydrogens is 144 g/mol. The van der Waals surface area contributed by atoms with Gasteiger partial charge in [0.25, 0.3) is 0 Å². The van der Waals surface area contributed by atoms with E-state index in [2.05, 4.69) is 6.58 Å². The van der Waals surface area contributed by atoms with E-state index in [0.29, 0.717) is 4.90 Å². The minimum Gasteiger partial charge on any atom is -0.250 e. The van der Waals surface area contributed by atoms with Gasteiger partial charge in [0, 0.05) is 10.3 Å². The molecule has 0 amide bonds. The fraction of sp³-hybridized carbons (Fsp3) is 0. The van der Waals surface area contributed by atoms with Gasteiger partial charge >= 0.3 is 0 Å². The summed E-state index contributed by atoms with van der Waals surface area (Å²) in [5.74, 6) is 0. The first-order valence-corrected chi connectivity index (χ1v) is 3.99. The monoisotopic (exact) mass is 153 g/mol. The lowest BCUT2D eigenvalue weighted by Gasteiger charge is -1.92. The Bertz CT molecular complexity index is 281. The Morgan fingerprint density at radius 3 is 2.60 bits per heavy atom. The van der Waals surface area contributed by atoms with Crippen LogP contribution in [-0.2, 0) is 10.8 Å². The largest absolute Gasteiger partial charge is 0.250 e. The van der Waals surface area contributed by atoms with E-state index in [1.807, 2.05) is 6.07 Å². The lowest BCUT2D eigenvalue weighted by atomic mass is 10.4. The predicted molar refractivity (Wildman–Crippen MR) is 43.0 cm³/mol. The summed E-state index contributed by atoms with van der Waals surface area (Å²) in [6, 6.07) is 8.85. The summed E-state index contributed by atoms with van der Waals surface area (Å²) in [5.41, 5.74) is 0. The Kier molecular flexibility index (Phi) is 1.95. The van der Waals surface area contributed by atoms with E-state index in [4.69, 9.17) is 1.37 Å². The second-order valence-corrected chi connectivity index (χ2v) is 3.02. The minimum absolute atomic E-state index is 0.0591. The predicted octanol–water partition coefficient (Wildman–Crippen LogP) is 1.94. The van der Waals surface area contributed by atoms with Crippen molar-refractivity contribution in [3.05, 3.63) is 42.3 Å². The number of rotatable bonds is 2. The molecule has 1 aromatic carbocycles. The van der Waals surface area contributed by atoms with E-state index in [9.17, 15) is 4.21 Å². The average molecular weight is 153 g/mol. The smallest absolute Gasteiger partial charge is 0.0769 e. The van der Waals surface area contributed by atoms with E-state index in [0.717, 1.165) is 0 Å². The van der Waals surface area contributed by atoms with Gasteiger partial charge in [0.1, 0.15) is 0 Å². The van der Waals surface area contributed by atoms with Crippen LogP contribution in [0.15, 0.2) is 47.2 Å². The summed E-state index contributed by atoms with van der Waals surface area (Å²) in [4.78, 5) is 0.632. The summed E-state index contributed by atoms with van der Waals surface area (Å²) in [7, 11) is -1.36. The van der Waals surface area contributed by atoms with Gasteiger partial charge in [0.2, 0.25) is 0 Å². The van der Waals surface area contributed by atoms with Crippen molar-refractivity contribution in [2.45, 2.75) is 4.90 Å². The first-order valence-electron chi connectivity index (χ1n) is 3.34. The molecule has 2 heteroatoms. The SMILES string of the molecule is [2H]C(=C)S(=O)c1ccccc1. The van der Waals surface area contributed by atoms with Gasteiger partial charge in [0.15, 0.2) is 0 Å². The maximum absolute atomic E-state index is 11.2. The van der Waals surface area contributed by atoms with E-state index in [1.54, 1.807) is 24.3 Å². The highest BCUT2D eigenvalue weighted by Crippen LogP contribution is 2.04. The molecule has 0 heterocycles. The van der Waals surface area contributed by atoms with Crippen LogP contribution in [0.4, 0.5) is 0 Å². The molecule has 1 atom stereocenters. The maximum Gasteiger partial charge on any atom is 0.0769 e. The molecule has 0 saturated carbocycles. The molecule has 1 rings (SSSR count). The zero-order valence-electron chi connectivity index (χ0n) is 6.41. The van der Waals surface area contributed by atoms with Crippen LogP contribution >= 0.6 is 0 Å². The summed E-state index contributed by atoms with van der Waals surface area (Å²) in [5, 5.41) is -0.0591. The van der Waals surface area contributed by atoms with E-state index in [1.165, 1.54) is 0 Å². The number of hydrogen-bond acceptors (Lipinski definition) is 1. The molecule has 1 aromatic rings. The fourth-order valence-corrected chi connectivity index (χ4v) is 1.20. The van der Waals surface area contributed by atoms with Gasteiger partial charge in [-0.25, -0.2) is 4.21 Å².